The van der Waals surface area contributed by atoms with E-state index in [2.05, 4.69) is 56.0 Å². The van der Waals surface area contributed by atoms with Gasteiger partial charge in [-0.15, -0.1) is 11.3 Å². The summed E-state index contributed by atoms with van der Waals surface area (Å²) in [5.41, 5.74) is 2.82. The Labute approximate surface area is 212 Å². The van der Waals surface area contributed by atoms with Gasteiger partial charge in [0.25, 0.3) is 0 Å². The van der Waals surface area contributed by atoms with Gasteiger partial charge in [-0.25, -0.2) is 9.97 Å². The number of aromatic nitrogens is 2. The molecule has 3 aromatic rings. The van der Waals surface area contributed by atoms with Gasteiger partial charge in [0.2, 0.25) is 0 Å². The summed E-state index contributed by atoms with van der Waals surface area (Å²) in [6, 6.07) is 11.0. The predicted molar refractivity (Wildman–Crippen MR) is 145 cm³/mol. The number of benzene rings is 1. The Kier molecular flexibility index (Phi) is 7.47. The monoisotopic (exact) mass is 495 g/mol. The molecular weight excluding hydrogens is 458 g/mol. The second-order valence-electron chi connectivity index (χ2n) is 10.1. The fourth-order valence-electron chi connectivity index (χ4n) is 5.16. The largest absolute Gasteiger partial charge is 0.369 e. The Morgan fingerprint density at radius 3 is 2.68 bits per heavy atom. The van der Waals surface area contributed by atoms with E-state index in [0.717, 1.165) is 47.6 Å². The first-order chi connectivity index (χ1) is 16.6. The minimum Gasteiger partial charge on any atom is -0.369 e. The maximum atomic E-state index is 6.28. The molecule has 1 atom stereocenters. The van der Waals surface area contributed by atoms with E-state index in [0.29, 0.717) is 6.61 Å². The number of anilines is 1. The quantitative estimate of drug-likeness (QED) is 0.186. The number of thiophene rings is 1. The van der Waals surface area contributed by atoms with Crippen LogP contribution in [0.4, 0.5) is 5.82 Å². The summed E-state index contributed by atoms with van der Waals surface area (Å²) >= 11 is 3.65. The van der Waals surface area contributed by atoms with Gasteiger partial charge in [-0.3, -0.25) is 0 Å². The molecule has 5 rings (SSSR count). The highest BCUT2D eigenvalue weighted by Crippen LogP contribution is 2.44. The summed E-state index contributed by atoms with van der Waals surface area (Å²) in [7, 11) is 0. The number of ether oxygens (including phenoxy) is 1. The van der Waals surface area contributed by atoms with E-state index in [4.69, 9.17) is 14.7 Å². The molecule has 0 N–H and O–H groups in total. The highest BCUT2D eigenvalue weighted by molar-refractivity contribution is 7.99. The summed E-state index contributed by atoms with van der Waals surface area (Å²) in [6.07, 6.45) is 8.03. The van der Waals surface area contributed by atoms with Gasteiger partial charge in [0.1, 0.15) is 10.6 Å². The van der Waals surface area contributed by atoms with Crippen LogP contribution in [0.5, 0.6) is 0 Å². The van der Waals surface area contributed by atoms with Crippen molar-refractivity contribution < 1.29 is 4.74 Å². The average molecular weight is 496 g/mol. The van der Waals surface area contributed by atoms with Gasteiger partial charge in [0.05, 0.1) is 17.6 Å². The van der Waals surface area contributed by atoms with Crippen LogP contribution in [0.2, 0.25) is 0 Å². The summed E-state index contributed by atoms with van der Waals surface area (Å²) in [6.45, 7) is 9.59. The molecule has 1 aromatic carbocycles. The molecule has 2 aliphatic heterocycles. The highest BCUT2D eigenvalue weighted by atomic mass is 32.2. The van der Waals surface area contributed by atoms with Crippen molar-refractivity contribution in [2.24, 2.45) is 5.92 Å². The SMILES string of the molecule is CCCCSc1nc(N2CCC(Cc3ccccc3)CC2)c2c3c(sc2n1)COC(C)(CC)C3. The smallest absolute Gasteiger partial charge is 0.190 e. The standard InChI is InChI=1S/C28H37N3OS2/c1-4-6-16-33-27-29-25(31-14-12-21(13-15-31)17-20-10-8-7-9-11-20)24-22-18-28(3,5-2)32-19-23(22)34-26(24)30-27/h7-11,21H,4-6,12-19H2,1-3H3. The molecule has 6 heteroatoms. The molecule has 4 nitrogen and oxygen atoms in total. The lowest BCUT2D eigenvalue weighted by molar-refractivity contribution is -0.0543. The van der Waals surface area contributed by atoms with Crippen LogP contribution in [0.15, 0.2) is 35.5 Å². The first-order valence-corrected chi connectivity index (χ1v) is 14.8. The first-order valence-electron chi connectivity index (χ1n) is 13.0. The minimum absolute atomic E-state index is 0.0878. The van der Waals surface area contributed by atoms with Crippen molar-refractivity contribution in [2.75, 3.05) is 23.7 Å². The molecule has 0 bridgehead atoms. The van der Waals surface area contributed by atoms with Crippen LogP contribution in [0, 0.1) is 5.92 Å². The molecule has 0 aliphatic carbocycles. The fourth-order valence-corrected chi connectivity index (χ4v) is 7.24. The molecule has 2 aromatic heterocycles. The van der Waals surface area contributed by atoms with Crippen molar-refractivity contribution in [1.82, 2.24) is 9.97 Å². The highest BCUT2D eigenvalue weighted by Gasteiger charge is 2.34. The van der Waals surface area contributed by atoms with Gasteiger partial charge in [0.15, 0.2) is 5.16 Å². The van der Waals surface area contributed by atoms with Gasteiger partial charge in [-0.2, -0.15) is 0 Å². The summed E-state index contributed by atoms with van der Waals surface area (Å²) in [5, 5.41) is 2.25. The number of hydrogen-bond acceptors (Lipinski definition) is 6. The van der Waals surface area contributed by atoms with Crippen molar-refractivity contribution in [3.63, 3.8) is 0 Å². The van der Waals surface area contributed by atoms with Gasteiger partial charge in [-0.1, -0.05) is 62.4 Å². The van der Waals surface area contributed by atoms with Gasteiger partial charge >= 0.3 is 0 Å². The maximum absolute atomic E-state index is 6.28. The average Bonchev–Trinajstić information content (AvgIpc) is 3.22. The number of thioether (sulfide) groups is 1. The number of rotatable bonds is 8. The van der Waals surface area contributed by atoms with Gasteiger partial charge in [-0.05, 0) is 56.1 Å². The molecule has 0 radical (unpaired) electrons. The molecule has 4 heterocycles. The third-order valence-electron chi connectivity index (χ3n) is 7.56. The van der Waals surface area contributed by atoms with Crippen LogP contribution in [-0.2, 0) is 24.2 Å². The van der Waals surface area contributed by atoms with E-state index in [9.17, 15) is 0 Å². The Balaban J connectivity index is 1.43. The molecular formula is C28H37N3OS2. The number of nitrogens with zero attached hydrogens (tertiary/aromatic N) is 3. The summed E-state index contributed by atoms with van der Waals surface area (Å²) < 4.78 is 6.28. The molecule has 1 saturated heterocycles. The predicted octanol–water partition coefficient (Wildman–Crippen LogP) is 7.28. The van der Waals surface area contributed by atoms with Crippen LogP contribution in [0.3, 0.4) is 0 Å². The molecule has 1 fully saturated rings. The van der Waals surface area contributed by atoms with Crippen molar-refractivity contribution in [1.29, 1.82) is 0 Å². The zero-order chi connectivity index (χ0) is 23.5. The zero-order valence-electron chi connectivity index (χ0n) is 20.8. The van der Waals surface area contributed by atoms with Crippen LogP contribution in [-0.4, -0.2) is 34.4 Å². The normalized spacial score (nSPS) is 21.2. The van der Waals surface area contributed by atoms with Gasteiger partial charge < -0.3 is 9.64 Å². The van der Waals surface area contributed by atoms with E-state index >= 15 is 0 Å². The molecule has 0 amide bonds. The Morgan fingerprint density at radius 1 is 1.15 bits per heavy atom. The Morgan fingerprint density at radius 2 is 1.94 bits per heavy atom. The van der Waals surface area contributed by atoms with Crippen molar-refractivity contribution in [2.45, 2.75) is 83.1 Å². The molecule has 182 valence electrons. The number of piperidine rings is 1. The molecule has 1 unspecified atom stereocenters. The molecule has 34 heavy (non-hydrogen) atoms. The van der Waals surface area contributed by atoms with E-state index in [-0.39, 0.29) is 5.60 Å². The van der Waals surface area contributed by atoms with E-state index in [1.54, 1.807) is 0 Å². The van der Waals surface area contributed by atoms with Crippen molar-refractivity contribution in [3.05, 3.63) is 46.3 Å². The minimum atomic E-state index is -0.0878. The second kappa shape index (κ2) is 10.5. The van der Waals surface area contributed by atoms with Crippen LogP contribution >= 0.6 is 23.1 Å². The number of hydrogen-bond donors (Lipinski definition) is 0. The fraction of sp³-hybridized carbons (Fsp3) is 0.571. The first kappa shape index (κ1) is 24.1. The third kappa shape index (κ3) is 5.14. The Hall–Kier alpha value is -1.63. The summed E-state index contributed by atoms with van der Waals surface area (Å²) in [4.78, 5) is 15.3. The summed E-state index contributed by atoms with van der Waals surface area (Å²) in [5.74, 6) is 3.02. The number of unbranched alkanes of at least 4 members (excludes halogenated alkanes) is 1. The van der Waals surface area contributed by atoms with E-state index < -0.39 is 0 Å². The molecule has 0 saturated carbocycles. The zero-order valence-corrected chi connectivity index (χ0v) is 22.4. The maximum Gasteiger partial charge on any atom is 0.190 e. The topological polar surface area (TPSA) is 38.2 Å². The molecule has 2 aliphatic rings. The molecule has 0 spiro atoms. The third-order valence-corrected chi connectivity index (χ3v) is 9.59. The lowest BCUT2D eigenvalue weighted by Gasteiger charge is -2.35. The van der Waals surface area contributed by atoms with E-state index in [1.807, 2.05) is 23.1 Å². The lowest BCUT2D eigenvalue weighted by atomic mass is 9.89. The van der Waals surface area contributed by atoms with Crippen LogP contribution < -0.4 is 4.90 Å². The van der Waals surface area contributed by atoms with Crippen molar-refractivity contribution in [3.8, 4) is 0 Å². The lowest BCUT2D eigenvalue weighted by Crippen LogP contribution is -2.36. The Bertz CT molecular complexity index is 1110. The van der Waals surface area contributed by atoms with E-state index in [1.165, 1.54) is 59.3 Å². The van der Waals surface area contributed by atoms with Gasteiger partial charge in [0, 0.05) is 30.1 Å². The van der Waals surface area contributed by atoms with Crippen LogP contribution in [0.1, 0.15) is 68.9 Å². The van der Waals surface area contributed by atoms with Crippen molar-refractivity contribution >= 4 is 39.1 Å². The number of fused-ring (bicyclic) bond motifs is 3. The van der Waals surface area contributed by atoms with Crippen LogP contribution in [0.25, 0.3) is 10.2 Å². The second-order valence-corrected chi connectivity index (χ2v) is 12.3.